The van der Waals surface area contributed by atoms with Crippen LogP contribution in [0.25, 0.3) is 0 Å². The minimum absolute atomic E-state index is 0.00343. The Morgan fingerprint density at radius 3 is 2.74 bits per heavy atom. The minimum atomic E-state index is -3.04. The lowest BCUT2D eigenvalue weighted by Gasteiger charge is -2.19. The molecule has 0 radical (unpaired) electrons. The van der Waals surface area contributed by atoms with Crippen molar-refractivity contribution in [1.82, 2.24) is 14.9 Å². The maximum atomic E-state index is 12.3. The average molecular weight is 304 g/mol. The van der Waals surface area contributed by atoms with Gasteiger partial charge in [-0.3, -0.25) is 4.79 Å². The number of hydrogen-bond acceptors (Lipinski definition) is 5. The first kappa shape index (κ1) is 14.2. The van der Waals surface area contributed by atoms with Crippen molar-refractivity contribution >= 4 is 27.3 Å². The number of sulfone groups is 1. The molecule has 8 heteroatoms. The van der Waals surface area contributed by atoms with Crippen LogP contribution in [-0.2, 0) is 9.84 Å². The smallest absolute Gasteiger partial charge is 0.272 e. The highest BCUT2D eigenvalue weighted by atomic mass is 35.5. The molecule has 1 amide bonds. The molecule has 0 aromatic carbocycles. The summed E-state index contributed by atoms with van der Waals surface area (Å²) in [7, 11) is -3.04. The molecular formula is C11H14ClN3O3S. The molecule has 2 heterocycles. The Morgan fingerprint density at radius 1 is 1.32 bits per heavy atom. The number of amides is 1. The second kappa shape index (κ2) is 5.42. The van der Waals surface area contributed by atoms with Crippen LogP contribution in [0.4, 0.5) is 0 Å². The van der Waals surface area contributed by atoms with Gasteiger partial charge in [-0.25, -0.2) is 18.4 Å². The second-order valence-corrected chi connectivity index (χ2v) is 7.10. The highest BCUT2D eigenvalue weighted by molar-refractivity contribution is 7.91. The van der Waals surface area contributed by atoms with E-state index in [1.54, 1.807) is 13.0 Å². The first-order valence-electron chi connectivity index (χ1n) is 5.88. The summed E-state index contributed by atoms with van der Waals surface area (Å²) in [4.78, 5) is 21.5. The summed E-state index contributed by atoms with van der Waals surface area (Å²) in [6.07, 6.45) is 0.450. The summed E-state index contributed by atoms with van der Waals surface area (Å²) in [5.74, 6) is -0.179. The Hall–Kier alpha value is -1.21. The van der Waals surface area contributed by atoms with Crippen LogP contribution in [0.3, 0.4) is 0 Å². The Balaban J connectivity index is 2.19. The lowest BCUT2D eigenvalue weighted by atomic mass is 10.3. The highest BCUT2D eigenvalue weighted by Gasteiger charge is 2.24. The first-order valence-corrected chi connectivity index (χ1v) is 8.08. The molecule has 104 valence electrons. The van der Waals surface area contributed by atoms with Crippen molar-refractivity contribution in [1.29, 1.82) is 0 Å². The van der Waals surface area contributed by atoms with Crippen molar-refractivity contribution in [3.05, 3.63) is 22.7 Å². The molecule has 1 fully saturated rings. The van der Waals surface area contributed by atoms with Crippen LogP contribution in [0.15, 0.2) is 6.07 Å². The van der Waals surface area contributed by atoms with Gasteiger partial charge in [0.15, 0.2) is 9.84 Å². The number of rotatable bonds is 1. The number of hydrogen-bond donors (Lipinski definition) is 0. The Bertz CT molecular complexity index is 583. The van der Waals surface area contributed by atoms with Crippen LogP contribution in [0.2, 0.25) is 5.28 Å². The summed E-state index contributed by atoms with van der Waals surface area (Å²) in [6, 6.07) is 1.55. The first-order chi connectivity index (χ1) is 8.87. The van der Waals surface area contributed by atoms with Gasteiger partial charge in [0, 0.05) is 18.8 Å². The number of aryl methyl sites for hydroxylation is 1. The highest BCUT2D eigenvalue weighted by Crippen LogP contribution is 2.11. The monoisotopic (exact) mass is 303 g/mol. The molecule has 0 unspecified atom stereocenters. The zero-order chi connectivity index (χ0) is 14.0. The third kappa shape index (κ3) is 3.63. The van der Waals surface area contributed by atoms with Crippen molar-refractivity contribution < 1.29 is 13.2 Å². The van der Waals surface area contributed by atoms with Crippen molar-refractivity contribution in [2.45, 2.75) is 13.3 Å². The average Bonchev–Trinajstić information content (AvgIpc) is 2.48. The third-order valence-electron chi connectivity index (χ3n) is 2.89. The molecular weight excluding hydrogens is 290 g/mol. The SMILES string of the molecule is Cc1cc(C(=O)N2CCCS(=O)(=O)CC2)nc(Cl)n1. The number of carbonyl (C=O) groups is 1. The van der Waals surface area contributed by atoms with Gasteiger partial charge in [0.1, 0.15) is 5.69 Å². The van der Waals surface area contributed by atoms with E-state index in [1.807, 2.05) is 0 Å². The van der Waals surface area contributed by atoms with E-state index in [9.17, 15) is 13.2 Å². The zero-order valence-corrected chi connectivity index (χ0v) is 12.0. The van der Waals surface area contributed by atoms with E-state index in [1.165, 1.54) is 4.90 Å². The number of halogens is 1. The molecule has 1 aliphatic heterocycles. The van der Waals surface area contributed by atoms with Crippen LogP contribution < -0.4 is 0 Å². The molecule has 6 nitrogen and oxygen atoms in total. The van der Waals surface area contributed by atoms with E-state index in [4.69, 9.17) is 11.6 Å². The quantitative estimate of drug-likeness (QED) is 0.713. The number of nitrogens with zero attached hydrogens (tertiary/aromatic N) is 3. The number of carbonyl (C=O) groups excluding carboxylic acids is 1. The van der Waals surface area contributed by atoms with E-state index in [0.717, 1.165) is 0 Å². The van der Waals surface area contributed by atoms with Gasteiger partial charge in [0.2, 0.25) is 5.28 Å². The van der Waals surface area contributed by atoms with E-state index in [-0.39, 0.29) is 34.9 Å². The summed E-state index contributed by atoms with van der Waals surface area (Å²) < 4.78 is 23.0. The predicted octanol–water partition coefficient (Wildman–Crippen LogP) is 0.699. The fourth-order valence-electron chi connectivity index (χ4n) is 1.95. The van der Waals surface area contributed by atoms with Crippen molar-refractivity contribution in [2.75, 3.05) is 24.6 Å². The van der Waals surface area contributed by atoms with Crippen LogP contribution >= 0.6 is 11.6 Å². The Kier molecular flexibility index (Phi) is 4.05. The molecule has 1 saturated heterocycles. The molecule has 1 aliphatic rings. The van der Waals surface area contributed by atoms with Gasteiger partial charge >= 0.3 is 0 Å². The summed E-state index contributed by atoms with van der Waals surface area (Å²) in [6.45, 7) is 2.33. The van der Waals surface area contributed by atoms with Gasteiger partial charge in [-0.05, 0) is 31.0 Å². The molecule has 19 heavy (non-hydrogen) atoms. The van der Waals surface area contributed by atoms with Crippen molar-refractivity contribution in [3.8, 4) is 0 Å². The molecule has 2 rings (SSSR count). The molecule has 0 N–H and O–H groups in total. The van der Waals surface area contributed by atoms with Crippen LogP contribution in [-0.4, -0.2) is 53.8 Å². The van der Waals surface area contributed by atoms with Gasteiger partial charge < -0.3 is 4.90 Å². The second-order valence-electron chi connectivity index (χ2n) is 4.46. The summed E-state index contributed by atoms with van der Waals surface area (Å²) >= 11 is 5.72. The van der Waals surface area contributed by atoms with Crippen molar-refractivity contribution in [3.63, 3.8) is 0 Å². The van der Waals surface area contributed by atoms with E-state index in [2.05, 4.69) is 9.97 Å². The van der Waals surface area contributed by atoms with Crippen LogP contribution in [0.1, 0.15) is 22.6 Å². The lowest BCUT2D eigenvalue weighted by Crippen LogP contribution is -2.34. The van der Waals surface area contributed by atoms with Gasteiger partial charge in [-0.15, -0.1) is 0 Å². The Labute approximate surface area is 116 Å². The van der Waals surface area contributed by atoms with Crippen molar-refractivity contribution in [2.24, 2.45) is 0 Å². The fourth-order valence-corrected chi connectivity index (χ4v) is 3.44. The molecule has 1 aromatic heterocycles. The molecule has 0 bridgehead atoms. The van der Waals surface area contributed by atoms with E-state index >= 15 is 0 Å². The molecule has 1 aromatic rings. The van der Waals surface area contributed by atoms with Gasteiger partial charge in [-0.2, -0.15) is 0 Å². The maximum Gasteiger partial charge on any atom is 0.272 e. The van der Waals surface area contributed by atoms with Crippen LogP contribution in [0.5, 0.6) is 0 Å². The topological polar surface area (TPSA) is 80.2 Å². The minimum Gasteiger partial charge on any atom is -0.336 e. The predicted molar refractivity (Wildman–Crippen MR) is 71.0 cm³/mol. The summed E-state index contributed by atoms with van der Waals surface area (Å²) in [5.41, 5.74) is 0.808. The van der Waals surface area contributed by atoms with E-state index < -0.39 is 9.84 Å². The standard InChI is InChI=1S/C11H14ClN3O3S/c1-8-7-9(14-11(12)13-8)10(16)15-3-2-5-19(17,18)6-4-15/h7H,2-6H2,1H3. The van der Waals surface area contributed by atoms with Gasteiger partial charge in [-0.1, -0.05) is 0 Å². The largest absolute Gasteiger partial charge is 0.336 e. The Morgan fingerprint density at radius 2 is 2.05 bits per heavy atom. The molecule has 0 atom stereocenters. The maximum absolute atomic E-state index is 12.3. The third-order valence-corrected chi connectivity index (χ3v) is 4.77. The van der Waals surface area contributed by atoms with Crippen LogP contribution in [0, 0.1) is 6.92 Å². The number of aromatic nitrogens is 2. The normalized spacial score (nSPS) is 18.9. The lowest BCUT2D eigenvalue weighted by molar-refractivity contribution is 0.0762. The molecule has 0 spiro atoms. The molecule has 0 aliphatic carbocycles. The van der Waals surface area contributed by atoms with E-state index in [0.29, 0.717) is 18.7 Å². The van der Waals surface area contributed by atoms with Gasteiger partial charge in [0.05, 0.1) is 11.5 Å². The fraction of sp³-hybridized carbons (Fsp3) is 0.545. The zero-order valence-electron chi connectivity index (χ0n) is 10.5. The molecule has 0 saturated carbocycles. The summed E-state index contributed by atoms with van der Waals surface area (Å²) in [5, 5.41) is 0.0193. The van der Waals surface area contributed by atoms with Gasteiger partial charge in [0.25, 0.3) is 5.91 Å².